The van der Waals surface area contributed by atoms with Crippen LogP contribution in [0.4, 0.5) is 5.82 Å². The molecule has 1 aliphatic rings. The molecule has 25 heavy (non-hydrogen) atoms. The van der Waals surface area contributed by atoms with Gasteiger partial charge in [-0.3, -0.25) is 0 Å². The van der Waals surface area contributed by atoms with Crippen LogP contribution in [0.3, 0.4) is 0 Å². The highest BCUT2D eigenvalue weighted by molar-refractivity contribution is 5.64. The Bertz CT molecular complexity index is 643. The zero-order chi connectivity index (χ0) is 16.8. The van der Waals surface area contributed by atoms with Gasteiger partial charge in [0, 0.05) is 30.7 Å². The van der Waals surface area contributed by atoms with Gasteiger partial charge in [-0.15, -0.1) is 0 Å². The first kappa shape index (κ1) is 19.9. The van der Waals surface area contributed by atoms with E-state index in [0.717, 1.165) is 51.0 Å². The Morgan fingerprint density at radius 3 is 2.52 bits per heavy atom. The molecule has 2 aromatic rings. The van der Waals surface area contributed by atoms with Gasteiger partial charge in [0.05, 0.1) is 18.8 Å². The third kappa shape index (κ3) is 5.79. The van der Waals surface area contributed by atoms with Crippen molar-refractivity contribution in [1.29, 1.82) is 0 Å². The lowest BCUT2D eigenvalue weighted by molar-refractivity contribution is -0.752. The van der Waals surface area contributed by atoms with E-state index in [1.54, 1.807) is 0 Å². The fraction of sp³-hybridized carbons (Fsp3) is 0.500. The molecule has 5 heteroatoms. The van der Waals surface area contributed by atoms with Gasteiger partial charge < -0.3 is 26.6 Å². The van der Waals surface area contributed by atoms with Crippen LogP contribution in [-0.4, -0.2) is 31.4 Å². The van der Waals surface area contributed by atoms with Gasteiger partial charge in [-0.1, -0.05) is 48.9 Å². The molecule has 1 fully saturated rings. The van der Waals surface area contributed by atoms with Crippen molar-refractivity contribution in [3.63, 3.8) is 0 Å². The standard InChI is InChI=1S/C20H28N3O.BrH/c1-17(2)7-6-10-23-16-19(18-8-4-3-5-9-18)15-20(21-23)22-11-13-24-14-12-22;/h3-5,8-9,15-17H,6-7,10-14H2,1-2H3;1H/q+1;/p-1. The number of aryl methyl sites for hydroxylation is 1. The number of anilines is 1. The molecule has 0 spiro atoms. The molecule has 136 valence electrons. The van der Waals surface area contributed by atoms with Gasteiger partial charge >= 0.3 is 0 Å². The van der Waals surface area contributed by atoms with Crippen LogP contribution in [-0.2, 0) is 11.3 Å². The van der Waals surface area contributed by atoms with Gasteiger partial charge in [-0.2, -0.15) is 0 Å². The molecule has 0 radical (unpaired) electrons. The molecular weight excluding hydrogens is 378 g/mol. The maximum atomic E-state index is 5.48. The van der Waals surface area contributed by atoms with Crippen LogP contribution in [0.2, 0.25) is 0 Å². The molecule has 0 amide bonds. The smallest absolute Gasteiger partial charge is 0.204 e. The number of rotatable bonds is 6. The topological polar surface area (TPSA) is 29.2 Å². The molecule has 1 aliphatic heterocycles. The third-order valence-corrected chi connectivity index (χ3v) is 4.41. The molecule has 2 heterocycles. The molecule has 4 nitrogen and oxygen atoms in total. The van der Waals surface area contributed by atoms with Crippen molar-refractivity contribution in [2.75, 3.05) is 31.2 Å². The van der Waals surface area contributed by atoms with Crippen LogP contribution >= 0.6 is 0 Å². The number of hydrogen-bond donors (Lipinski definition) is 0. The van der Waals surface area contributed by atoms with Crippen LogP contribution < -0.4 is 26.6 Å². The van der Waals surface area contributed by atoms with Crippen molar-refractivity contribution in [3.8, 4) is 11.1 Å². The molecule has 0 atom stereocenters. The van der Waals surface area contributed by atoms with E-state index in [1.165, 1.54) is 17.5 Å². The first-order valence-electron chi connectivity index (χ1n) is 9.02. The van der Waals surface area contributed by atoms with Crippen LogP contribution in [0.1, 0.15) is 26.7 Å². The Kier molecular flexibility index (Phi) is 7.85. The van der Waals surface area contributed by atoms with Crippen LogP contribution in [0.15, 0.2) is 42.6 Å². The molecule has 1 aromatic heterocycles. The molecule has 3 rings (SSSR count). The minimum Gasteiger partial charge on any atom is -1.00 e. The summed E-state index contributed by atoms with van der Waals surface area (Å²) in [5, 5.41) is 4.87. The van der Waals surface area contributed by atoms with Crippen molar-refractivity contribution in [2.24, 2.45) is 5.92 Å². The summed E-state index contributed by atoms with van der Waals surface area (Å²) in [6, 6.07) is 12.8. The molecule has 0 saturated carbocycles. The summed E-state index contributed by atoms with van der Waals surface area (Å²) < 4.78 is 7.60. The SMILES string of the molecule is CC(C)CCC[n+]1cc(-c2ccccc2)cc(N2CCOCC2)n1.[Br-]. The highest BCUT2D eigenvalue weighted by atomic mass is 79.9. The predicted octanol–water partition coefficient (Wildman–Crippen LogP) is 0.313. The summed E-state index contributed by atoms with van der Waals surface area (Å²) in [5.74, 6) is 1.80. The van der Waals surface area contributed by atoms with Crippen LogP contribution in [0, 0.1) is 5.92 Å². The van der Waals surface area contributed by atoms with E-state index in [9.17, 15) is 0 Å². The zero-order valence-corrected chi connectivity index (χ0v) is 16.8. The monoisotopic (exact) mass is 405 g/mol. The molecule has 1 saturated heterocycles. The Balaban J connectivity index is 0.00000225. The largest absolute Gasteiger partial charge is 1.00 e. The predicted molar refractivity (Wildman–Crippen MR) is 97.0 cm³/mol. The highest BCUT2D eigenvalue weighted by Crippen LogP contribution is 2.21. The van der Waals surface area contributed by atoms with Gasteiger partial charge in [0.25, 0.3) is 0 Å². The number of aromatic nitrogens is 2. The Morgan fingerprint density at radius 2 is 1.84 bits per heavy atom. The van der Waals surface area contributed by atoms with E-state index in [1.807, 2.05) is 0 Å². The van der Waals surface area contributed by atoms with Gasteiger partial charge in [-0.05, 0) is 17.9 Å². The van der Waals surface area contributed by atoms with Crippen LogP contribution in [0.5, 0.6) is 0 Å². The van der Waals surface area contributed by atoms with E-state index in [-0.39, 0.29) is 17.0 Å². The van der Waals surface area contributed by atoms with E-state index in [2.05, 4.69) is 66.0 Å². The molecule has 1 aromatic carbocycles. The molecular formula is C20H28BrN3O. The van der Waals surface area contributed by atoms with Crippen molar-refractivity contribution in [1.82, 2.24) is 5.10 Å². The minimum atomic E-state index is 0. The lowest BCUT2D eigenvalue weighted by Crippen LogP contribution is -3.00. The lowest BCUT2D eigenvalue weighted by atomic mass is 10.1. The third-order valence-electron chi connectivity index (χ3n) is 4.41. The van der Waals surface area contributed by atoms with E-state index in [4.69, 9.17) is 9.84 Å². The summed E-state index contributed by atoms with van der Waals surface area (Å²) in [6.07, 6.45) is 4.58. The number of morpholine rings is 1. The highest BCUT2D eigenvalue weighted by Gasteiger charge is 2.18. The minimum absolute atomic E-state index is 0. The molecule has 0 N–H and O–H groups in total. The number of halogens is 1. The average molecular weight is 406 g/mol. The number of benzene rings is 1. The van der Waals surface area contributed by atoms with Crippen molar-refractivity contribution in [3.05, 3.63) is 42.6 Å². The van der Waals surface area contributed by atoms with E-state index >= 15 is 0 Å². The second kappa shape index (κ2) is 9.88. The maximum Gasteiger partial charge on any atom is 0.204 e. The maximum absolute atomic E-state index is 5.48. The normalized spacial score (nSPS) is 14.4. The van der Waals surface area contributed by atoms with E-state index in [0.29, 0.717) is 0 Å². The lowest BCUT2D eigenvalue weighted by Gasteiger charge is -2.26. The van der Waals surface area contributed by atoms with Gasteiger partial charge in [-0.25, -0.2) is 0 Å². The number of ether oxygens (including phenoxy) is 1. The van der Waals surface area contributed by atoms with Gasteiger partial charge in [0.15, 0.2) is 12.4 Å². The first-order valence-corrected chi connectivity index (χ1v) is 9.02. The Hall–Kier alpha value is -1.46. The fourth-order valence-electron chi connectivity index (χ4n) is 3.04. The zero-order valence-electron chi connectivity index (χ0n) is 15.2. The van der Waals surface area contributed by atoms with Crippen molar-refractivity contribution >= 4 is 5.82 Å². The second-order valence-corrected chi connectivity index (χ2v) is 6.85. The Morgan fingerprint density at radius 1 is 1.12 bits per heavy atom. The second-order valence-electron chi connectivity index (χ2n) is 6.85. The quantitative estimate of drug-likeness (QED) is 0.647. The summed E-state index contributed by atoms with van der Waals surface area (Å²) in [7, 11) is 0. The van der Waals surface area contributed by atoms with Gasteiger partial charge in [0.2, 0.25) is 6.20 Å². The van der Waals surface area contributed by atoms with E-state index < -0.39 is 0 Å². The number of nitrogens with zero attached hydrogens (tertiary/aromatic N) is 3. The Labute approximate surface area is 161 Å². The fourth-order valence-corrected chi connectivity index (χ4v) is 3.04. The summed E-state index contributed by atoms with van der Waals surface area (Å²) in [6.45, 7) is 8.91. The molecule has 0 bridgehead atoms. The van der Waals surface area contributed by atoms with Crippen LogP contribution in [0.25, 0.3) is 11.1 Å². The molecule has 0 unspecified atom stereocenters. The summed E-state index contributed by atoms with van der Waals surface area (Å²) in [4.78, 5) is 2.33. The average Bonchev–Trinajstić information content (AvgIpc) is 2.63. The van der Waals surface area contributed by atoms with Gasteiger partial charge in [0.1, 0.15) is 0 Å². The molecule has 0 aliphatic carbocycles. The van der Waals surface area contributed by atoms with Crippen molar-refractivity contribution < 1.29 is 26.4 Å². The van der Waals surface area contributed by atoms with Crippen molar-refractivity contribution in [2.45, 2.75) is 33.2 Å². The first-order chi connectivity index (χ1) is 11.7. The summed E-state index contributed by atoms with van der Waals surface area (Å²) in [5.41, 5.74) is 2.48. The number of hydrogen-bond acceptors (Lipinski definition) is 3. The summed E-state index contributed by atoms with van der Waals surface area (Å²) >= 11 is 0.